The first-order valence-corrected chi connectivity index (χ1v) is 4.99. The van der Waals surface area contributed by atoms with Crippen molar-refractivity contribution in [3.63, 3.8) is 0 Å². The maximum atomic E-state index is 10.5. The third kappa shape index (κ3) is 2.84. The first-order valence-electron chi connectivity index (χ1n) is 4.99. The standard InChI is InChI=1S/C11H13NO3/c13-6-9-2-1-3-10(12-9)7-15-11-4-5-14-8-11/h1-3,6,11H,4-5,7-8H2/t11-/m0/s1. The Bertz CT molecular complexity index is 334. The van der Waals surface area contributed by atoms with E-state index in [2.05, 4.69) is 4.98 Å². The maximum Gasteiger partial charge on any atom is 0.168 e. The third-order valence-corrected chi connectivity index (χ3v) is 2.30. The van der Waals surface area contributed by atoms with Gasteiger partial charge < -0.3 is 9.47 Å². The Morgan fingerprint density at radius 1 is 1.60 bits per heavy atom. The summed E-state index contributed by atoms with van der Waals surface area (Å²) in [5.41, 5.74) is 1.23. The number of ether oxygens (including phenoxy) is 2. The molecule has 1 aromatic heterocycles. The predicted molar refractivity (Wildman–Crippen MR) is 53.6 cm³/mol. The fourth-order valence-electron chi connectivity index (χ4n) is 1.49. The van der Waals surface area contributed by atoms with Crippen molar-refractivity contribution < 1.29 is 14.3 Å². The number of rotatable bonds is 4. The molecular weight excluding hydrogens is 194 g/mol. The minimum atomic E-state index is 0.173. The maximum absolute atomic E-state index is 10.5. The van der Waals surface area contributed by atoms with E-state index in [9.17, 15) is 4.79 Å². The van der Waals surface area contributed by atoms with Crippen molar-refractivity contribution in [2.75, 3.05) is 13.2 Å². The number of aldehydes is 1. The lowest BCUT2D eigenvalue weighted by Crippen LogP contribution is -2.12. The van der Waals surface area contributed by atoms with Gasteiger partial charge in [0.15, 0.2) is 6.29 Å². The van der Waals surface area contributed by atoms with Crippen molar-refractivity contribution >= 4 is 6.29 Å². The molecule has 0 N–H and O–H groups in total. The van der Waals surface area contributed by atoms with Crippen LogP contribution in [0.2, 0.25) is 0 Å². The molecule has 1 atom stereocenters. The molecule has 0 amide bonds. The Balaban J connectivity index is 1.89. The summed E-state index contributed by atoms with van der Waals surface area (Å²) in [6.07, 6.45) is 1.85. The molecule has 0 aliphatic carbocycles. The van der Waals surface area contributed by atoms with Crippen molar-refractivity contribution in [2.45, 2.75) is 19.1 Å². The summed E-state index contributed by atoms with van der Waals surface area (Å²) in [7, 11) is 0. The number of aromatic nitrogens is 1. The van der Waals surface area contributed by atoms with Gasteiger partial charge in [-0.15, -0.1) is 0 Å². The van der Waals surface area contributed by atoms with Crippen molar-refractivity contribution in [1.29, 1.82) is 0 Å². The van der Waals surface area contributed by atoms with Crippen LogP contribution in [0.3, 0.4) is 0 Å². The molecule has 1 saturated heterocycles. The van der Waals surface area contributed by atoms with E-state index < -0.39 is 0 Å². The fraction of sp³-hybridized carbons (Fsp3) is 0.455. The van der Waals surface area contributed by atoms with Crippen LogP contribution < -0.4 is 0 Å². The van der Waals surface area contributed by atoms with Crippen LogP contribution in [0.1, 0.15) is 22.6 Å². The van der Waals surface area contributed by atoms with Crippen molar-refractivity contribution in [3.8, 4) is 0 Å². The second-order valence-electron chi connectivity index (χ2n) is 3.47. The van der Waals surface area contributed by atoms with Crippen LogP contribution in [-0.2, 0) is 16.1 Å². The molecule has 0 spiro atoms. The Morgan fingerprint density at radius 2 is 2.53 bits per heavy atom. The smallest absolute Gasteiger partial charge is 0.168 e. The number of carbonyl (C=O) groups excluding carboxylic acids is 1. The van der Waals surface area contributed by atoms with Gasteiger partial charge in [0.25, 0.3) is 0 Å². The molecule has 1 aliphatic heterocycles. The molecule has 0 radical (unpaired) electrons. The minimum Gasteiger partial charge on any atom is -0.379 e. The summed E-state index contributed by atoms with van der Waals surface area (Å²) in [4.78, 5) is 14.6. The molecule has 1 fully saturated rings. The number of hydrogen-bond acceptors (Lipinski definition) is 4. The first-order chi connectivity index (χ1) is 7.38. The van der Waals surface area contributed by atoms with E-state index in [1.807, 2.05) is 6.07 Å². The quantitative estimate of drug-likeness (QED) is 0.696. The zero-order valence-electron chi connectivity index (χ0n) is 8.39. The molecule has 1 aliphatic rings. The summed E-state index contributed by atoms with van der Waals surface area (Å²) in [6.45, 7) is 1.87. The highest BCUT2D eigenvalue weighted by Gasteiger charge is 2.15. The lowest BCUT2D eigenvalue weighted by Gasteiger charge is -2.08. The zero-order valence-corrected chi connectivity index (χ0v) is 8.39. The van der Waals surface area contributed by atoms with Gasteiger partial charge in [0.2, 0.25) is 0 Å². The van der Waals surface area contributed by atoms with Crippen LogP contribution in [0.5, 0.6) is 0 Å². The van der Waals surface area contributed by atoms with Crippen molar-refractivity contribution in [3.05, 3.63) is 29.6 Å². The second-order valence-corrected chi connectivity index (χ2v) is 3.47. The lowest BCUT2D eigenvalue weighted by atomic mass is 10.3. The summed E-state index contributed by atoms with van der Waals surface area (Å²) in [5, 5.41) is 0. The van der Waals surface area contributed by atoms with Crippen LogP contribution in [0.25, 0.3) is 0 Å². The number of pyridine rings is 1. The lowest BCUT2D eigenvalue weighted by molar-refractivity contribution is 0.0301. The Labute approximate surface area is 88.2 Å². The van der Waals surface area contributed by atoms with Gasteiger partial charge >= 0.3 is 0 Å². The van der Waals surface area contributed by atoms with Gasteiger partial charge in [-0.2, -0.15) is 0 Å². The highest BCUT2D eigenvalue weighted by molar-refractivity contribution is 5.71. The Kier molecular flexibility index (Phi) is 3.42. The molecule has 1 aromatic rings. The van der Waals surface area contributed by atoms with Crippen LogP contribution >= 0.6 is 0 Å². The number of carbonyl (C=O) groups is 1. The van der Waals surface area contributed by atoms with E-state index >= 15 is 0 Å². The fourth-order valence-corrected chi connectivity index (χ4v) is 1.49. The molecular formula is C11H13NO3. The van der Waals surface area contributed by atoms with Crippen LogP contribution in [0.4, 0.5) is 0 Å². The third-order valence-electron chi connectivity index (χ3n) is 2.30. The molecule has 15 heavy (non-hydrogen) atoms. The summed E-state index contributed by atoms with van der Waals surface area (Å²) in [6, 6.07) is 5.33. The molecule has 2 heterocycles. The highest BCUT2D eigenvalue weighted by Crippen LogP contribution is 2.10. The Morgan fingerprint density at radius 3 is 3.27 bits per heavy atom. The van der Waals surface area contributed by atoms with E-state index in [4.69, 9.17) is 9.47 Å². The molecule has 4 heteroatoms. The first kappa shape index (κ1) is 10.3. The van der Waals surface area contributed by atoms with E-state index in [1.54, 1.807) is 12.1 Å². The normalized spacial score (nSPS) is 20.4. The number of hydrogen-bond donors (Lipinski definition) is 0. The van der Waals surface area contributed by atoms with Gasteiger partial charge in [0.1, 0.15) is 5.69 Å². The van der Waals surface area contributed by atoms with Gasteiger partial charge in [-0.05, 0) is 18.6 Å². The molecule has 4 nitrogen and oxygen atoms in total. The van der Waals surface area contributed by atoms with E-state index in [1.165, 1.54) is 0 Å². The summed E-state index contributed by atoms with van der Waals surface area (Å²) < 4.78 is 10.8. The monoisotopic (exact) mass is 207 g/mol. The van der Waals surface area contributed by atoms with Gasteiger partial charge in [-0.1, -0.05) is 6.07 Å². The molecule has 80 valence electrons. The summed E-state index contributed by atoms with van der Waals surface area (Å²) >= 11 is 0. The van der Waals surface area contributed by atoms with Crippen LogP contribution in [0, 0.1) is 0 Å². The van der Waals surface area contributed by atoms with Gasteiger partial charge in [0, 0.05) is 6.61 Å². The summed E-state index contributed by atoms with van der Waals surface area (Å²) in [5.74, 6) is 0. The molecule has 0 bridgehead atoms. The average molecular weight is 207 g/mol. The highest BCUT2D eigenvalue weighted by atomic mass is 16.5. The molecule has 0 saturated carbocycles. The average Bonchev–Trinajstić information content (AvgIpc) is 2.79. The van der Waals surface area contributed by atoms with E-state index in [0.717, 1.165) is 25.0 Å². The van der Waals surface area contributed by atoms with Gasteiger partial charge in [-0.3, -0.25) is 4.79 Å². The molecule has 0 aromatic carbocycles. The number of nitrogens with zero attached hydrogens (tertiary/aromatic N) is 1. The van der Waals surface area contributed by atoms with Gasteiger partial charge in [-0.25, -0.2) is 4.98 Å². The van der Waals surface area contributed by atoms with E-state index in [0.29, 0.717) is 18.9 Å². The SMILES string of the molecule is O=Cc1cccc(CO[C@H]2CCOC2)n1. The topological polar surface area (TPSA) is 48.4 Å². The van der Waals surface area contributed by atoms with Crippen molar-refractivity contribution in [1.82, 2.24) is 4.98 Å². The van der Waals surface area contributed by atoms with Gasteiger partial charge in [0.05, 0.1) is 25.0 Å². The van der Waals surface area contributed by atoms with E-state index in [-0.39, 0.29) is 6.10 Å². The predicted octanol–water partition coefficient (Wildman–Crippen LogP) is 1.20. The molecule has 2 rings (SSSR count). The Hall–Kier alpha value is -1.26. The zero-order chi connectivity index (χ0) is 10.5. The van der Waals surface area contributed by atoms with Crippen LogP contribution in [-0.4, -0.2) is 30.6 Å². The minimum absolute atomic E-state index is 0.173. The van der Waals surface area contributed by atoms with Crippen LogP contribution in [0.15, 0.2) is 18.2 Å². The molecule has 0 unspecified atom stereocenters. The second kappa shape index (κ2) is 5.00. The van der Waals surface area contributed by atoms with Crippen molar-refractivity contribution in [2.24, 2.45) is 0 Å². The largest absolute Gasteiger partial charge is 0.379 e.